The number of anilines is 1. The van der Waals surface area contributed by atoms with Gasteiger partial charge in [0.25, 0.3) is 5.91 Å². The molecule has 0 spiro atoms. The van der Waals surface area contributed by atoms with E-state index in [2.05, 4.69) is 31.6 Å². The normalized spacial score (nSPS) is 10.9. The molecule has 38 heavy (non-hydrogen) atoms. The molecule has 0 aliphatic heterocycles. The van der Waals surface area contributed by atoms with Gasteiger partial charge in [0.1, 0.15) is 0 Å². The number of benzene rings is 3. The van der Waals surface area contributed by atoms with Crippen molar-refractivity contribution in [3.8, 4) is 11.4 Å². The first-order chi connectivity index (χ1) is 18.6. The molecule has 0 bridgehead atoms. The fourth-order valence-corrected chi connectivity index (χ4v) is 5.77. The maximum absolute atomic E-state index is 12.8. The van der Waals surface area contributed by atoms with Crippen molar-refractivity contribution >= 4 is 45.7 Å². The molecule has 2 heterocycles. The van der Waals surface area contributed by atoms with Gasteiger partial charge in [-0.15, -0.1) is 28.1 Å². The number of halogens is 1. The molecule has 190 valence electrons. The van der Waals surface area contributed by atoms with Gasteiger partial charge in [-0.2, -0.15) is 0 Å². The zero-order valence-electron chi connectivity index (χ0n) is 20.4. The fourth-order valence-electron chi connectivity index (χ4n) is 3.84. The van der Waals surface area contributed by atoms with Gasteiger partial charge in [-0.1, -0.05) is 90.1 Å². The summed E-state index contributed by atoms with van der Waals surface area (Å²) in [7, 11) is 0. The monoisotopic (exact) mass is 557 g/mol. The molecule has 5 rings (SSSR count). The maximum atomic E-state index is 12.8. The van der Waals surface area contributed by atoms with Gasteiger partial charge in [0, 0.05) is 45.9 Å². The first kappa shape index (κ1) is 25.9. The van der Waals surface area contributed by atoms with Gasteiger partial charge >= 0.3 is 0 Å². The Morgan fingerprint density at radius 3 is 2.55 bits per heavy atom. The van der Waals surface area contributed by atoms with Crippen LogP contribution in [0.15, 0.2) is 103 Å². The van der Waals surface area contributed by atoms with E-state index in [-0.39, 0.29) is 5.91 Å². The number of hydrogen-bond donors (Lipinski definition) is 1. The molecule has 6 nitrogen and oxygen atoms in total. The molecule has 1 N–H and O–H groups in total. The lowest BCUT2D eigenvalue weighted by atomic mass is 10.1. The van der Waals surface area contributed by atoms with Crippen LogP contribution < -0.4 is 5.32 Å². The number of amides is 1. The predicted octanol–water partition coefficient (Wildman–Crippen LogP) is 7.38. The van der Waals surface area contributed by atoms with E-state index in [1.165, 1.54) is 11.3 Å². The number of carbonyl (C=O) groups excluding carboxylic acids is 1. The van der Waals surface area contributed by atoms with E-state index >= 15 is 0 Å². The van der Waals surface area contributed by atoms with Crippen molar-refractivity contribution in [2.45, 2.75) is 23.9 Å². The number of carbonyl (C=O) groups is 1. The Hall–Kier alpha value is -3.72. The first-order valence-corrected chi connectivity index (χ1v) is 14.1. The SMILES string of the molecule is C=CCn1c(SCc2ccc(C(=O)Nc3ncc(Cc4ccccc4Cl)s3)cc2)nnc1-c1ccccc1. The van der Waals surface area contributed by atoms with Crippen LogP contribution in [0.1, 0.15) is 26.4 Å². The Morgan fingerprint density at radius 2 is 1.79 bits per heavy atom. The highest BCUT2D eigenvalue weighted by Crippen LogP contribution is 2.27. The lowest BCUT2D eigenvalue weighted by Crippen LogP contribution is -2.11. The number of thiazole rings is 1. The Bertz CT molecular complexity index is 1550. The van der Waals surface area contributed by atoms with Crippen molar-refractivity contribution < 1.29 is 4.79 Å². The van der Waals surface area contributed by atoms with E-state index in [4.69, 9.17) is 11.6 Å². The average molecular weight is 558 g/mol. The van der Waals surface area contributed by atoms with Crippen LogP contribution in [0.3, 0.4) is 0 Å². The summed E-state index contributed by atoms with van der Waals surface area (Å²) in [5.74, 6) is 1.32. The summed E-state index contributed by atoms with van der Waals surface area (Å²) in [6.45, 7) is 4.50. The minimum atomic E-state index is -0.193. The molecule has 0 aliphatic carbocycles. The van der Waals surface area contributed by atoms with Gasteiger partial charge in [-0.25, -0.2) is 4.98 Å². The van der Waals surface area contributed by atoms with Crippen LogP contribution in [0.2, 0.25) is 5.02 Å². The zero-order valence-corrected chi connectivity index (χ0v) is 22.8. The largest absolute Gasteiger partial charge is 0.298 e. The van der Waals surface area contributed by atoms with Gasteiger partial charge in [0.15, 0.2) is 16.1 Å². The lowest BCUT2D eigenvalue weighted by Gasteiger charge is -2.08. The predicted molar refractivity (Wildman–Crippen MR) is 156 cm³/mol. The molecule has 2 aromatic heterocycles. The summed E-state index contributed by atoms with van der Waals surface area (Å²) in [4.78, 5) is 18.2. The van der Waals surface area contributed by atoms with Crippen molar-refractivity contribution in [3.63, 3.8) is 0 Å². The van der Waals surface area contributed by atoms with Crippen molar-refractivity contribution in [3.05, 3.63) is 124 Å². The second kappa shape index (κ2) is 12.2. The van der Waals surface area contributed by atoms with Gasteiger partial charge in [0.2, 0.25) is 0 Å². The van der Waals surface area contributed by atoms with Crippen LogP contribution in [0, 0.1) is 0 Å². The van der Waals surface area contributed by atoms with Crippen molar-refractivity contribution in [1.29, 1.82) is 0 Å². The summed E-state index contributed by atoms with van der Waals surface area (Å²) in [5.41, 5.74) is 3.70. The third-order valence-electron chi connectivity index (χ3n) is 5.74. The standard InChI is InChI=1S/C29H24ClN5OS2/c1-2-16-35-26(21-8-4-3-5-9-21)33-34-29(35)37-19-20-12-14-22(15-13-20)27(36)32-28-31-18-24(38-28)17-23-10-6-7-11-25(23)30/h2-15,18H,1,16-17,19H2,(H,31,32,36). The van der Waals surface area contributed by atoms with Crippen molar-refractivity contribution in [2.24, 2.45) is 0 Å². The molecule has 0 atom stereocenters. The Morgan fingerprint density at radius 1 is 1.03 bits per heavy atom. The van der Waals surface area contributed by atoms with E-state index in [0.29, 0.717) is 29.4 Å². The number of rotatable bonds is 10. The van der Waals surface area contributed by atoms with E-state index in [1.807, 2.05) is 84.9 Å². The maximum Gasteiger partial charge on any atom is 0.257 e. The van der Waals surface area contributed by atoms with Crippen molar-refractivity contribution in [1.82, 2.24) is 19.7 Å². The zero-order chi connectivity index (χ0) is 26.3. The molecular formula is C29H24ClN5OS2. The fraction of sp³-hybridized carbons (Fsp3) is 0.103. The Balaban J connectivity index is 1.20. The second-order valence-corrected chi connectivity index (χ2v) is 10.9. The van der Waals surface area contributed by atoms with Crippen molar-refractivity contribution in [2.75, 3.05) is 5.32 Å². The second-order valence-electron chi connectivity index (χ2n) is 8.41. The quantitative estimate of drug-likeness (QED) is 0.143. The topological polar surface area (TPSA) is 72.7 Å². The number of thioether (sulfide) groups is 1. The molecule has 5 aromatic rings. The van der Waals surface area contributed by atoms with Crippen LogP contribution in [0.5, 0.6) is 0 Å². The van der Waals surface area contributed by atoms with E-state index < -0.39 is 0 Å². The first-order valence-electron chi connectivity index (χ1n) is 11.9. The molecular weight excluding hydrogens is 534 g/mol. The highest BCUT2D eigenvalue weighted by molar-refractivity contribution is 7.98. The van der Waals surface area contributed by atoms with Crippen LogP contribution in [-0.2, 0) is 18.7 Å². The van der Waals surface area contributed by atoms with Gasteiger partial charge in [0.05, 0.1) is 0 Å². The molecule has 0 radical (unpaired) electrons. The van der Waals surface area contributed by atoms with Gasteiger partial charge in [-0.05, 0) is 29.3 Å². The molecule has 9 heteroatoms. The summed E-state index contributed by atoms with van der Waals surface area (Å²) in [6, 6.07) is 25.3. The molecule has 0 saturated carbocycles. The molecule has 0 fully saturated rings. The smallest absolute Gasteiger partial charge is 0.257 e. The number of nitrogens with zero attached hydrogens (tertiary/aromatic N) is 4. The highest BCUT2D eigenvalue weighted by Gasteiger charge is 2.14. The van der Waals surface area contributed by atoms with E-state index in [9.17, 15) is 4.79 Å². The lowest BCUT2D eigenvalue weighted by molar-refractivity contribution is 0.102. The highest BCUT2D eigenvalue weighted by atomic mass is 35.5. The molecule has 3 aromatic carbocycles. The van der Waals surface area contributed by atoms with E-state index in [0.717, 1.165) is 37.6 Å². The summed E-state index contributed by atoms with van der Waals surface area (Å²) < 4.78 is 2.06. The van der Waals surface area contributed by atoms with Crippen LogP contribution in [-0.4, -0.2) is 25.7 Å². The average Bonchev–Trinajstić information content (AvgIpc) is 3.56. The molecule has 1 amide bonds. The number of nitrogens with one attached hydrogen (secondary N) is 1. The Kier molecular flexibility index (Phi) is 8.33. The summed E-state index contributed by atoms with van der Waals surface area (Å²) in [5, 5.41) is 13.8. The van der Waals surface area contributed by atoms with Gasteiger partial charge in [-0.3, -0.25) is 14.7 Å². The molecule has 0 saturated heterocycles. The minimum Gasteiger partial charge on any atom is -0.298 e. The third-order valence-corrected chi connectivity index (χ3v) is 8.06. The number of aromatic nitrogens is 4. The van der Waals surface area contributed by atoms with E-state index in [1.54, 1.807) is 18.0 Å². The number of hydrogen-bond acceptors (Lipinski definition) is 6. The van der Waals surface area contributed by atoms with Crippen LogP contribution in [0.4, 0.5) is 5.13 Å². The Labute approximate surface area is 234 Å². The van der Waals surface area contributed by atoms with Crippen LogP contribution in [0.25, 0.3) is 11.4 Å². The van der Waals surface area contributed by atoms with Crippen LogP contribution >= 0.6 is 34.7 Å². The molecule has 0 unspecified atom stereocenters. The minimum absolute atomic E-state index is 0.193. The van der Waals surface area contributed by atoms with Gasteiger partial charge < -0.3 is 0 Å². The molecule has 0 aliphatic rings. The summed E-state index contributed by atoms with van der Waals surface area (Å²) >= 11 is 9.31. The number of allylic oxidation sites excluding steroid dienone is 1. The summed E-state index contributed by atoms with van der Waals surface area (Å²) in [6.07, 6.45) is 4.29. The third kappa shape index (κ3) is 6.22.